The molecule has 0 fully saturated rings. The first kappa shape index (κ1) is 20.4. The highest BCUT2D eigenvalue weighted by Gasteiger charge is 2.16. The number of hydrogen-bond donors (Lipinski definition) is 1. The lowest BCUT2D eigenvalue weighted by molar-refractivity contribution is -0.121. The average Bonchev–Trinajstić information content (AvgIpc) is 3.10. The van der Waals surface area contributed by atoms with Crippen molar-refractivity contribution in [3.8, 4) is 17.1 Å². The minimum absolute atomic E-state index is 0.0852. The van der Waals surface area contributed by atoms with Gasteiger partial charge in [0, 0.05) is 34.5 Å². The highest BCUT2D eigenvalue weighted by atomic mass is 35.5. The highest BCUT2D eigenvalue weighted by molar-refractivity contribution is 7.99. The summed E-state index contributed by atoms with van der Waals surface area (Å²) in [6.45, 7) is 3.93. The number of thioether (sulfide) groups is 1. The smallest absolute Gasteiger partial charge is 0.220 e. The molecule has 0 bridgehead atoms. The molecule has 0 radical (unpaired) electrons. The third-order valence-electron chi connectivity index (χ3n) is 3.98. The Labute approximate surface area is 174 Å². The van der Waals surface area contributed by atoms with Crippen molar-refractivity contribution in [3.63, 3.8) is 0 Å². The van der Waals surface area contributed by atoms with Crippen molar-refractivity contribution >= 4 is 29.3 Å². The number of para-hydroxylation sites is 1. The monoisotopic (exact) mass is 414 g/mol. The zero-order valence-electron chi connectivity index (χ0n) is 15.9. The van der Waals surface area contributed by atoms with Gasteiger partial charge in [0.05, 0.1) is 0 Å². The molecule has 28 heavy (non-hydrogen) atoms. The normalized spacial score (nSPS) is 11.0. The molecular weight excluding hydrogens is 392 g/mol. The van der Waals surface area contributed by atoms with Crippen molar-refractivity contribution in [3.05, 3.63) is 59.6 Å². The molecule has 2 aromatic carbocycles. The molecule has 1 aromatic heterocycles. The molecular formula is C21H23ClN4OS. The summed E-state index contributed by atoms with van der Waals surface area (Å²) in [5, 5.41) is 13.2. The number of aromatic nitrogens is 3. The van der Waals surface area contributed by atoms with Crippen LogP contribution in [0.2, 0.25) is 5.02 Å². The van der Waals surface area contributed by atoms with E-state index in [0.717, 1.165) is 34.4 Å². The second-order valence-corrected chi connectivity index (χ2v) is 8.16. The number of rotatable bonds is 8. The zero-order valence-corrected chi connectivity index (χ0v) is 17.5. The van der Waals surface area contributed by atoms with E-state index >= 15 is 0 Å². The molecule has 3 rings (SSSR count). The van der Waals surface area contributed by atoms with Gasteiger partial charge in [-0.1, -0.05) is 41.6 Å². The second-order valence-electron chi connectivity index (χ2n) is 6.66. The summed E-state index contributed by atoms with van der Waals surface area (Å²) < 4.78 is 2.04. The molecule has 0 unspecified atom stereocenters. The molecule has 3 aromatic rings. The van der Waals surface area contributed by atoms with Crippen LogP contribution in [0.5, 0.6) is 0 Å². The van der Waals surface area contributed by atoms with Crippen LogP contribution in [0, 0.1) is 0 Å². The summed E-state index contributed by atoms with van der Waals surface area (Å²) in [7, 11) is 0. The summed E-state index contributed by atoms with van der Waals surface area (Å²) in [6, 6.07) is 17.8. The first-order valence-electron chi connectivity index (χ1n) is 9.23. The van der Waals surface area contributed by atoms with E-state index in [-0.39, 0.29) is 11.9 Å². The van der Waals surface area contributed by atoms with E-state index in [1.165, 1.54) is 0 Å². The Bertz CT molecular complexity index is 910. The highest BCUT2D eigenvalue weighted by Crippen LogP contribution is 2.29. The van der Waals surface area contributed by atoms with Crippen LogP contribution in [-0.4, -0.2) is 32.5 Å². The molecule has 146 valence electrons. The van der Waals surface area contributed by atoms with E-state index in [4.69, 9.17) is 11.6 Å². The number of carbonyl (C=O) groups is 1. The predicted octanol–water partition coefficient (Wildman–Crippen LogP) is 4.98. The van der Waals surface area contributed by atoms with Crippen LogP contribution < -0.4 is 5.32 Å². The molecule has 1 amide bonds. The maximum Gasteiger partial charge on any atom is 0.220 e. The van der Waals surface area contributed by atoms with E-state index in [1.54, 1.807) is 11.8 Å². The summed E-state index contributed by atoms with van der Waals surface area (Å²) in [4.78, 5) is 11.8. The van der Waals surface area contributed by atoms with Gasteiger partial charge in [0.1, 0.15) is 0 Å². The van der Waals surface area contributed by atoms with Gasteiger partial charge in [0.15, 0.2) is 11.0 Å². The molecule has 7 heteroatoms. The average molecular weight is 415 g/mol. The van der Waals surface area contributed by atoms with Crippen LogP contribution in [0.1, 0.15) is 26.7 Å². The number of halogens is 1. The van der Waals surface area contributed by atoms with Gasteiger partial charge in [-0.05, 0) is 56.7 Å². The Morgan fingerprint density at radius 2 is 1.82 bits per heavy atom. The molecule has 0 aliphatic rings. The van der Waals surface area contributed by atoms with Crippen LogP contribution in [0.3, 0.4) is 0 Å². The Balaban J connectivity index is 1.78. The molecule has 0 saturated heterocycles. The van der Waals surface area contributed by atoms with E-state index in [0.29, 0.717) is 11.4 Å². The van der Waals surface area contributed by atoms with Crippen LogP contribution in [-0.2, 0) is 4.79 Å². The van der Waals surface area contributed by atoms with E-state index in [9.17, 15) is 4.79 Å². The standard InChI is InChI=1S/C21H23ClN4OS/c1-15(2)23-19(27)9-6-14-28-21-25-24-20(16-10-12-17(22)13-11-16)26(21)18-7-4-3-5-8-18/h3-5,7-8,10-13,15H,6,9,14H2,1-2H3,(H,23,27). The van der Waals surface area contributed by atoms with Gasteiger partial charge in [-0.2, -0.15) is 0 Å². The van der Waals surface area contributed by atoms with Crippen LogP contribution in [0.4, 0.5) is 0 Å². The van der Waals surface area contributed by atoms with Gasteiger partial charge in [0.2, 0.25) is 5.91 Å². The fourth-order valence-electron chi connectivity index (χ4n) is 2.75. The van der Waals surface area contributed by atoms with E-state index in [1.807, 2.05) is 73.0 Å². The van der Waals surface area contributed by atoms with Crippen molar-refractivity contribution in [2.45, 2.75) is 37.9 Å². The van der Waals surface area contributed by atoms with Gasteiger partial charge in [-0.15, -0.1) is 10.2 Å². The quantitative estimate of drug-likeness (QED) is 0.417. The van der Waals surface area contributed by atoms with Crippen molar-refractivity contribution in [1.82, 2.24) is 20.1 Å². The third kappa shape index (κ3) is 5.36. The Morgan fingerprint density at radius 1 is 1.11 bits per heavy atom. The molecule has 0 saturated carbocycles. The minimum atomic E-state index is 0.0852. The zero-order chi connectivity index (χ0) is 19.9. The van der Waals surface area contributed by atoms with Crippen molar-refractivity contribution in [1.29, 1.82) is 0 Å². The number of nitrogens with zero attached hydrogens (tertiary/aromatic N) is 3. The maximum absolute atomic E-state index is 11.8. The minimum Gasteiger partial charge on any atom is -0.354 e. The van der Waals surface area contributed by atoms with Gasteiger partial charge >= 0.3 is 0 Å². The predicted molar refractivity (Wildman–Crippen MR) is 115 cm³/mol. The maximum atomic E-state index is 11.8. The van der Waals surface area contributed by atoms with Gasteiger partial charge in [-0.3, -0.25) is 9.36 Å². The van der Waals surface area contributed by atoms with Crippen molar-refractivity contribution < 1.29 is 4.79 Å². The summed E-state index contributed by atoms with van der Waals surface area (Å²) in [5.74, 6) is 1.64. The van der Waals surface area contributed by atoms with Gasteiger partial charge < -0.3 is 5.32 Å². The lowest BCUT2D eigenvalue weighted by atomic mass is 10.2. The molecule has 0 aliphatic carbocycles. The number of nitrogens with one attached hydrogen (secondary N) is 1. The van der Waals surface area contributed by atoms with E-state index < -0.39 is 0 Å². The first-order chi connectivity index (χ1) is 13.5. The van der Waals surface area contributed by atoms with Crippen LogP contribution in [0.25, 0.3) is 17.1 Å². The van der Waals surface area contributed by atoms with Crippen LogP contribution >= 0.6 is 23.4 Å². The van der Waals surface area contributed by atoms with Gasteiger partial charge in [0.25, 0.3) is 0 Å². The molecule has 0 atom stereocenters. The van der Waals surface area contributed by atoms with Crippen molar-refractivity contribution in [2.24, 2.45) is 0 Å². The SMILES string of the molecule is CC(C)NC(=O)CCCSc1nnc(-c2ccc(Cl)cc2)n1-c1ccccc1. The van der Waals surface area contributed by atoms with Crippen molar-refractivity contribution in [2.75, 3.05) is 5.75 Å². The fourth-order valence-corrected chi connectivity index (χ4v) is 3.77. The molecule has 1 heterocycles. The largest absolute Gasteiger partial charge is 0.354 e. The summed E-state index contributed by atoms with van der Waals surface area (Å²) in [5.41, 5.74) is 1.95. The lowest BCUT2D eigenvalue weighted by Crippen LogP contribution is -2.29. The summed E-state index contributed by atoms with van der Waals surface area (Å²) in [6.07, 6.45) is 1.29. The lowest BCUT2D eigenvalue weighted by Gasteiger charge is -2.11. The molecule has 0 aliphatic heterocycles. The van der Waals surface area contributed by atoms with E-state index in [2.05, 4.69) is 15.5 Å². The fraction of sp³-hybridized carbons (Fsp3) is 0.286. The number of benzene rings is 2. The van der Waals surface area contributed by atoms with Gasteiger partial charge in [-0.25, -0.2) is 0 Å². The Kier molecular flexibility index (Phi) is 7.12. The number of carbonyl (C=O) groups excluding carboxylic acids is 1. The number of amides is 1. The number of hydrogen-bond acceptors (Lipinski definition) is 4. The second kappa shape index (κ2) is 9.75. The topological polar surface area (TPSA) is 59.8 Å². The Morgan fingerprint density at radius 3 is 2.50 bits per heavy atom. The molecule has 1 N–H and O–H groups in total. The summed E-state index contributed by atoms with van der Waals surface area (Å²) >= 11 is 7.63. The molecule has 0 spiro atoms. The molecule has 5 nitrogen and oxygen atoms in total. The Hall–Kier alpha value is -2.31. The third-order valence-corrected chi connectivity index (χ3v) is 5.25. The van der Waals surface area contributed by atoms with Crippen LogP contribution in [0.15, 0.2) is 59.8 Å². The first-order valence-corrected chi connectivity index (χ1v) is 10.6.